The van der Waals surface area contributed by atoms with Crippen LogP contribution in [0.3, 0.4) is 0 Å². The Balaban J connectivity index is 2.47. The van der Waals surface area contributed by atoms with Crippen LogP contribution < -0.4 is 4.90 Å². The molecule has 15 heavy (non-hydrogen) atoms. The van der Waals surface area contributed by atoms with Crippen LogP contribution in [0.4, 0.5) is 5.69 Å². The first kappa shape index (κ1) is 10.0. The number of hydrogen-bond acceptors (Lipinski definition) is 2. The van der Waals surface area contributed by atoms with E-state index in [-0.39, 0.29) is 0 Å². The summed E-state index contributed by atoms with van der Waals surface area (Å²) in [5, 5.41) is 0. The van der Waals surface area contributed by atoms with Crippen molar-refractivity contribution in [2.75, 3.05) is 11.9 Å². The Morgan fingerprint density at radius 1 is 1.33 bits per heavy atom. The van der Waals surface area contributed by atoms with Crippen LogP contribution in [0, 0.1) is 0 Å². The molecule has 1 heterocycles. The van der Waals surface area contributed by atoms with Crippen molar-refractivity contribution in [3.63, 3.8) is 0 Å². The van der Waals surface area contributed by atoms with Gasteiger partial charge < -0.3 is 9.47 Å². The summed E-state index contributed by atoms with van der Waals surface area (Å²) in [6.07, 6.45) is 1.85. The Hall–Kier alpha value is -1.51. The van der Waals surface area contributed by atoms with Gasteiger partial charge in [-0.05, 0) is 32.0 Å². The summed E-state index contributed by atoms with van der Waals surface area (Å²) in [4.78, 5) is 6.60. The number of aryl methyl sites for hydroxylation is 1. The summed E-state index contributed by atoms with van der Waals surface area (Å²) in [7, 11) is 4.12. The number of imidazole rings is 1. The van der Waals surface area contributed by atoms with Crippen LogP contribution >= 0.6 is 0 Å². The van der Waals surface area contributed by atoms with Crippen molar-refractivity contribution in [3.8, 4) is 0 Å². The molecule has 1 aromatic heterocycles. The molecule has 3 nitrogen and oxygen atoms in total. The Morgan fingerprint density at radius 3 is 2.73 bits per heavy atom. The van der Waals surface area contributed by atoms with E-state index in [2.05, 4.69) is 49.0 Å². The molecule has 0 saturated heterocycles. The van der Waals surface area contributed by atoms with E-state index in [0.717, 1.165) is 5.52 Å². The summed E-state index contributed by atoms with van der Waals surface area (Å²) in [5.41, 5.74) is 3.45. The van der Waals surface area contributed by atoms with Gasteiger partial charge in [-0.25, -0.2) is 4.98 Å². The van der Waals surface area contributed by atoms with Gasteiger partial charge in [-0.15, -0.1) is 0 Å². The maximum atomic E-state index is 4.36. The number of fused-ring (bicyclic) bond motifs is 1. The largest absolute Gasteiger partial charge is 0.372 e. The van der Waals surface area contributed by atoms with Gasteiger partial charge in [0.05, 0.1) is 17.4 Å². The van der Waals surface area contributed by atoms with Gasteiger partial charge in [0.1, 0.15) is 0 Å². The third-order valence-electron chi connectivity index (χ3n) is 2.89. The third-order valence-corrected chi connectivity index (χ3v) is 2.89. The second-order valence-corrected chi connectivity index (χ2v) is 4.23. The second kappa shape index (κ2) is 3.57. The number of benzene rings is 1. The van der Waals surface area contributed by atoms with Gasteiger partial charge in [0.15, 0.2) is 0 Å². The van der Waals surface area contributed by atoms with E-state index in [1.807, 2.05) is 17.9 Å². The van der Waals surface area contributed by atoms with Crippen molar-refractivity contribution in [3.05, 3.63) is 24.5 Å². The van der Waals surface area contributed by atoms with E-state index >= 15 is 0 Å². The molecule has 0 bridgehead atoms. The highest BCUT2D eigenvalue weighted by molar-refractivity contribution is 5.79. The van der Waals surface area contributed by atoms with Crippen LogP contribution in [0.1, 0.15) is 13.8 Å². The summed E-state index contributed by atoms with van der Waals surface area (Å²) in [5.74, 6) is 0. The summed E-state index contributed by atoms with van der Waals surface area (Å²) in [6.45, 7) is 4.37. The lowest BCUT2D eigenvalue weighted by Crippen LogP contribution is -2.25. The van der Waals surface area contributed by atoms with Crippen LogP contribution in [0.2, 0.25) is 0 Å². The molecule has 2 rings (SSSR count). The topological polar surface area (TPSA) is 21.1 Å². The quantitative estimate of drug-likeness (QED) is 0.747. The van der Waals surface area contributed by atoms with Crippen LogP contribution in [-0.4, -0.2) is 22.6 Å². The van der Waals surface area contributed by atoms with Crippen LogP contribution in [0.5, 0.6) is 0 Å². The summed E-state index contributed by atoms with van der Waals surface area (Å²) in [6, 6.07) is 6.90. The van der Waals surface area contributed by atoms with Crippen molar-refractivity contribution < 1.29 is 0 Å². The van der Waals surface area contributed by atoms with Gasteiger partial charge in [0.2, 0.25) is 0 Å². The zero-order valence-electron chi connectivity index (χ0n) is 9.73. The van der Waals surface area contributed by atoms with E-state index < -0.39 is 0 Å². The SMILES string of the molecule is CC(C)N(C)c1ccc2c(c1)ncn2C. The molecule has 1 aromatic carbocycles. The van der Waals surface area contributed by atoms with E-state index in [0.29, 0.717) is 6.04 Å². The van der Waals surface area contributed by atoms with Gasteiger partial charge in [-0.3, -0.25) is 0 Å². The first-order valence-electron chi connectivity index (χ1n) is 5.23. The van der Waals surface area contributed by atoms with Gasteiger partial charge in [-0.1, -0.05) is 0 Å². The Kier molecular flexibility index (Phi) is 2.39. The molecule has 0 aliphatic carbocycles. The fraction of sp³-hybridized carbons (Fsp3) is 0.417. The number of hydrogen-bond donors (Lipinski definition) is 0. The van der Waals surface area contributed by atoms with Crippen molar-refractivity contribution in [1.29, 1.82) is 0 Å². The average molecular weight is 203 g/mol. The van der Waals surface area contributed by atoms with Gasteiger partial charge in [-0.2, -0.15) is 0 Å². The molecule has 2 aromatic rings. The van der Waals surface area contributed by atoms with Gasteiger partial charge >= 0.3 is 0 Å². The molecular formula is C12H17N3. The lowest BCUT2D eigenvalue weighted by molar-refractivity contribution is 0.755. The van der Waals surface area contributed by atoms with E-state index in [1.54, 1.807) is 0 Å². The zero-order chi connectivity index (χ0) is 11.0. The fourth-order valence-corrected chi connectivity index (χ4v) is 1.64. The molecule has 0 radical (unpaired) electrons. The number of aromatic nitrogens is 2. The highest BCUT2D eigenvalue weighted by atomic mass is 15.1. The normalized spacial score (nSPS) is 11.3. The predicted molar refractivity (Wildman–Crippen MR) is 64.3 cm³/mol. The minimum atomic E-state index is 0.506. The smallest absolute Gasteiger partial charge is 0.0955 e. The van der Waals surface area contributed by atoms with Crippen molar-refractivity contribution in [2.24, 2.45) is 7.05 Å². The predicted octanol–water partition coefficient (Wildman–Crippen LogP) is 2.42. The summed E-state index contributed by atoms with van der Waals surface area (Å²) >= 11 is 0. The molecule has 0 fully saturated rings. The third kappa shape index (κ3) is 1.69. The van der Waals surface area contributed by atoms with Crippen molar-refractivity contribution in [2.45, 2.75) is 19.9 Å². The minimum absolute atomic E-state index is 0.506. The zero-order valence-corrected chi connectivity index (χ0v) is 9.73. The Bertz CT molecular complexity index is 471. The Labute approximate surface area is 90.3 Å². The fourth-order valence-electron chi connectivity index (χ4n) is 1.64. The molecule has 0 aliphatic heterocycles. The maximum Gasteiger partial charge on any atom is 0.0955 e. The lowest BCUT2D eigenvalue weighted by atomic mass is 10.2. The van der Waals surface area contributed by atoms with E-state index in [9.17, 15) is 0 Å². The van der Waals surface area contributed by atoms with Gasteiger partial charge in [0.25, 0.3) is 0 Å². The van der Waals surface area contributed by atoms with Crippen LogP contribution in [0.15, 0.2) is 24.5 Å². The molecule has 0 amide bonds. The monoisotopic (exact) mass is 203 g/mol. The number of rotatable bonds is 2. The average Bonchev–Trinajstić information content (AvgIpc) is 2.59. The molecule has 0 atom stereocenters. The van der Waals surface area contributed by atoms with Gasteiger partial charge in [0, 0.05) is 25.8 Å². The molecule has 0 N–H and O–H groups in total. The highest BCUT2D eigenvalue weighted by Gasteiger charge is 2.07. The molecule has 0 saturated carbocycles. The number of anilines is 1. The molecule has 0 spiro atoms. The minimum Gasteiger partial charge on any atom is -0.372 e. The first-order valence-corrected chi connectivity index (χ1v) is 5.23. The van der Waals surface area contributed by atoms with E-state index in [4.69, 9.17) is 0 Å². The van der Waals surface area contributed by atoms with Crippen LogP contribution in [-0.2, 0) is 7.05 Å². The van der Waals surface area contributed by atoms with E-state index in [1.165, 1.54) is 11.2 Å². The molecule has 3 heteroatoms. The number of nitrogens with zero attached hydrogens (tertiary/aromatic N) is 3. The molecule has 0 unspecified atom stereocenters. The summed E-state index contributed by atoms with van der Waals surface area (Å²) < 4.78 is 2.04. The van der Waals surface area contributed by atoms with Crippen molar-refractivity contribution >= 4 is 16.7 Å². The highest BCUT2D eigenvalue weighted by Crippen LogP contribution is 2.21. The van der Waals surface area contributed by atoms with Crippen LogP contribution in [0.25, 0.3) is 11.0 Å². The maximum absolute atomic E-state index is 4.36. The standard InChI is InChI=1S/C12H17N3/c1-9(2)15(4)10-5-6-12-11(7-10)13-8-14(12)3/h5-9H,1-4H3. The molecule has 0 aliphatic rings. The molecule has 80 valence electrons. The Morgan fingerprint density at radius 2 is 2.07 bits per heavy atom. The van der Waals surface area contributed by atoms with Crippen molar-refractivity contribution in [1.82, 2.24) is 9.55 Å². The molecular weight excluding hydrogens is 186 g/mol. The second-order valence-electron chi connectivity index (χ2n) is 4.23. The lowest BCUT2D eigenvalue weighted by Gasteiger charge is -2.23. The first-order chi connectivity index (χ1) is 7.09.